The highest BCUT2D eigenvalue weighted by molar-refractivity contribution is 5.87. The summed E-state index contributed by atoms with van der Waals surface area (Å²) in [5.41, 5.74) is 2.48. The van der Waals surface area contributed by atoms with Crippen molar-refractivity contribution in [2.45, 2.75) is 26.7 Å². The average molecular weight is 290 g/mol. The number of halogens is 1. The van der Waals surface area contributed by atoms with Crippen LogP contribution in [0, 0.1) is 12.7 Å². The SMILES string of the molecule is CO.Cc1nc(-c2ccc(F)cc2)c(C=O)c(C(C)C)n1. The van der Waals surface area contributed by atoms with E-state index in [9.17, 15) is 9.18 Å². The number of rotatable bonds is 3. The number of hydrogen-bond acceptors (Lipinski definition) is 4. The largest absolute Gasteiger partial charge is 0.400 e. The third-order valence-electron chi connectivity index (χ3n) is 2.87. The highest BCUT2D eigenvalue weighted by Gasteiger charge is 2.16. The summed E-state index contributed by atoms with van der Waals surface area (Å²) < 4.78 is 13.0. The predicted molar refractivity (Wildman–Crippen MR) is 79.8 cm³/mol. The Labute approximate surface area is 123 Å². The Kier molecular flexibility index (Phi) is 6.11. The van der Waals surface area contributed by atoms with E-state index in [1.807, 2.05) is 13.8 Å². The van der Waals surface area contributed by atoms with Crippen molar-refractivity contribution in [3.8, 4) is 11.3 Å². The molecule has 2 rings (SSSR count). The lowest BCUT2D eigenvalue weighted by Crippen LogP contribution is -2.06. The summed E-state index contributed by atoms with van der Waals surface area (Å²) in [5.74, 6) is 0.418. The molecule has 1 heterocycles. The minimum Gasteiger partial charge on any atom is -0.400 e. The molecule has 5 heteroatoms. The lowest BCUT2D eigenvalue weighted by Gasteiger charge is -2.13. The van der Waals surface area contributed by atoms with E-state index in [1.165, 1.54) is 12.1 Å². The molecule has 1 aromatic heterocycles. The van der Waals surface area contributed by atoms with E-state index in [0.717, 1.165) is 24.7 Å². The third-order valence-corrected chi connectivity index (χ3v) is 2.87. The van der Waals surface area contributed by atoms with Crippen molar-refractivity contribution >= 4 is 6.29 Å². The number of benzene rings is 1. The molecule has 0 spiro atoms. The molecule has 0 atom stereocenters. The topological polar surface area (TPSA) is 63.1 Å². The Balaban J connectivity index is 0.00000106. The van der Waals surface area contributed by atoms with Crippen LogP contribution in [-0.4, -0.2) is 28.5 Å². The molecule has 0 unspecified atom stereocenters. The van der Waals surface area contributed by atoms with Crippen LogP contribution in [0.25, 0.3) is 11.3 Å². The molecule has 0 saturated heterocycles. The monoisotopic (exact) mass is 290 g/mol. The molecule has 21 heavy (non-hydrogen) atoms. The highest BCUT2D eigenvalue weighted by atomic mass is 19.1. The van der Waals surface area contributed by atoms with Gasteiger partial charge >= 0.3 is 0 Å². The predicted octanol–water partition coefficient (Wildman–Crippen LogP) is 3.14. The van der Waals surface area contributed by atoms with Gasteiger partial charge in [0.25, 0.3) is 0 Å². The number of carbonyl (C=O) groups is 1. The second kappa shape index (κ2) is 7.59. The minimum absolute atomic E-state index is 0.126. The van der Waals surface area contributed by atoms with Crippen molar-refractivity contribution in [2.24, 2.45) is 0 Å². The number of carbonyl (C=O) groups excluding carboxylic acids is 1. The first-order chi connectivity index (χ1) is 10.0. The van der Waals surface area contributed by atoms with E-state index >= 15 is 0 Å². The van der Waals surface area contributed by atoms with Crippen molar-refractivity contribution < 1.29 is 14.3 Å². The molecule has 0 radical (unpaired) electrons. The Morgan fingerprint density at radius 1 is 1.14 bits per heavy atom. The van der Waals surface area contributed by atoms with Crippen LogP contribution in [-0.2, 0) is 0 Å². The third kappa shape index (κ3) is 3.92. The number of nitrogens with zero attached hydrogens (tertiary/aromatic N) is 2. The molecule has 112 valence electrons. The second-order valence-corrected chi connectivity index (χ2v) is 4.70. The summed E-state index contributed by atoms with van der Waals surface area (Å²) in [6.07, 6.45) is 0.771. The maximum absolute atomic E-state index is 13.0. The number of aliphatic hydroxyl groups is 1. The molecule has 0 aliphatic heterocycles. The smallest absolute Gasteiger partial charge is 0.154 e. The zero-order valence-electron chi connectivity index (χ0n) is 12.6. The van der Waals surface area contributed by atoms with Crippen LogP contribution in [0.3, 0.4) is 0 Å². The summed E-state index contributed by atoms with van der Waals surface area (Å²) in [5, 5.41) is 7.00. The average Bonchev–Trinajstić information content (AvgIpc) is 2.49. The number of aliphatic hydroxyl groups excluding tert-OH is 1. The van der Waals surface area contributed by atoms with E-state index in [-0.39, 0.29) is 11.7 Å². The first kappa shape index (κ1) is 16.9. The summed E-state index contributed by atoms with van der Waals surface area (Å²) in [7, 11) is 1.00. The molecule has 0 amide bonds. The van der Waals surface area contributed by atoms with Gasteiger partial charge in [-0.25, -0.2) is 14.4 Å². The fraction of sp³-hybridized carbons (Fsp3) is 0.312. The van der Waals surface area contributed by atoms with Gasteiger partial charge in [0.05, 0.1) is 17.0 Å². The van der Waals surface area contributed by atoms with Crippen LogP contribution in [0.1, 0.15) is 41.6 Å². The molecular formula is C16H19FN2O2. The summed E-state index contributed by atoms with van der Waals surface area (Å²) in [6.45, 7) is 5.74. The van der Waals surface area contributed by atoms with E-state index in [2.05, 4.69) is 9.97 Å². The molecule has 0 fully saturated rings. The van der Waals surface area contributed by atoms with Gasteiger partial charge in [0.2, 0.25) is 0 Å². The number of hydrogen-bond donors (Lipinski definition) is 1. The second-order valence-electron chi connectivity index (χ2n) is 4.70. The van der Waals surface area contributed by atoms with Gasteiger partial charge in [-0.3, -0.25) is 4.79 Å². The van der Waals surface area contributed by atoms with Crippen LogP contribution < -0.4 is 0 Å². The highest BCUT2D eigenvalue weighted by Crippen LogP contribution is 2.26. The van der Waals surface area contributed by atoms with E-state index in [1.54, 1.807) is 19.1 Å². The van der Waals surface area contributed by atoms with Crippen LogP contribution in [0.2, 0.25) is 0 Å². The van der Waals surface area contributed by atoms with Gasteiger partial charge in [0.15, 0.2) is 6.29 Å². The fourth-order valence-corrected chi connectivity index (χ4v) is 1.99. The quantitative estimate of drug-likeness (QED) is 0.882. The Hall–Kier alpha value is -2.14. The Morgan fingerprint density at radius 3 is 2.19 bits per heavy atom. The molecule has 2 aromatic rings. The van der Waals surface area contributed by atoms with Crippen molar-refractivity contribution in [3.63, 3.8) is 0 Å². The molecule has 1 aromatic carbocycles. The van der Waals surface area contributed by atoms with Gasteiger partial charge in [-0.15, -0.1) is 0 Å². The summed E-state index contributed by atoms with van der Waals surface area (Å²) >= 11 is 0. The van der Waals surface area contributed by atoms with Crippen LogP contribution >= 0.6 is 0 Å². The molecule has 0 aliphatic rings. The van der Waals surface area contributed by atoms with Crippen molar-refractivity contribution in [3.05, 3.63) is 47.2 Å². The molecular weight excluding hydrogens is 271 g/mol. The van der Waals surface area contributed by atoms with Gasteiger partial charge in [0.1, 0.15) is 11.6 Å². The number of aromatic nitrogens is 2. The zero-order chi connectivity index (χ0) is 16.0. The normalized spacial score (nSPS) is 10.0. The molecule has 4 nitrogen and oxygen atoms in total. The summed E-state index contributed by atoms with van der Waals surface area (Å²) in [6, 6.07) is 5.95. The lowest BCUT2D eigenvalue weighted by molar-refractivity contribution is 0.112. The zero-order valence-corrected chi connectivity index (χ0v) is 12.6. The van der Waals surface area contributed by atoms with Crippen LogP contribution in [0.15, 0.2) is 24.3 Å². The van der Waals surface area contributed by atoms with Gasteiger partial charge in [0, 0.05) is 12.7 Å². The molecule has 0 saturated carbocycles. The molecule has 1 N–H and O–H groups in total. The maximum Gasteiger partial charge on any atom is 0.154 e. The first-order valence-corrected chi connectivity index (χ1v) is 6.57. The van der Waals surface area contributed by atoms with Crippen LogP contribution in [0.5, 0.6) is 0 Å². The van der Waals surface area contributed by atoms with Gasteiger partial charge < -0.3 is 5.11 Å². The van der Waals surface area contributed by atoms with Gasteiger partial charge in [-0.05, 0) is 37.1 Å². The van der Waals surface area contributed by atoms with Crippen LogP contribution in [0.4, 0.5) is 4.39 Å². The minimum atomic E-state index is -0.314. The number of aryl methyl sites for hydroxylation is 1. The Morgan fingerprint density at radius 2 is 1.71 bits per heavy atom. The van der Waals surface area contributed by atoms with Crippen molar-refractivity contribution in [2.75, 3.05) is 7.11 Å². The van der Waals surface area contributed by atoms with E-state index in [0.29, 0.717) is 17.1 Å². The first-order valence-electron chi connectivity index (χ1n) is 6.57. The van der Waals surface area contributed by atoms with Crippen molar-refractivity contribution in [1.82, 2.24) is 9.97 Å². The summed E-state index contributed by atoms with van der Waals surface area (Å²) in [4.78, 5) is 20.0. The van der Waals surface area contributed by atoms with E-state index < -0.39 is 0 Å². The standard InChI is InChI=1S/C15H15FN2O.CH4O/c1-9(2)14-13(8-19)15(18-10(3)17-14)11-4-6-12(16)7-5-11;1-2/h4-9H,1-3H3;2H,1H3. The fourth-order valence-electron chi connectivity index (χ4n) is 1.99. The van der Waals surface area contributed by atoms with Gasteiger partial charge in [-0.1, -0.05) is 13.8 Å². The van der Waals surface area contributed by atoms with Crippen molar-refractivity contribution in [1.29, 1.82) is 0 Å². The Bertz CT molecular complexity index is 610. The lowest BCUT2D eigenvalue weighted by atomic mass is 9.99. The molecule has 0 bridgehead atoms. The van der Waals surface area contributed by atoms with E-state index in [4.69, 9.17) is 5.11 Å². The maximum atomic E-state index is 13.0. The van der Waals surface area contributed by atoms with Gasteiger partial charge in [-0.2, -0.15) is 0 Å². The molecule has 0 aliphatic carbocycles. The number of aldehydes is 1.